The van der Waals surface area contributed by atoms with Crippen LogP contribution in [0.15, 0.2) is 29.6 Å². The van der Waals surface area contributed by atoms with Crippen LogP contribution in [0.1, 0.15) is 26.0 Å². The van der Waals surface area contributed by atoms with Gasteiger partial charge in [0.05, 0.1) is 5.69 Å². The van der Waals surface area contributed by atoms with Gasteiger partial charge in [-0.25, -0.2) is 4.98 Å². The minimum Gasteiger partial charge on any atom is -0.508 e. The lowest BCUT2D eigenvalue weighted by Gasteiger charge is -2.16. The fourth-order valence-electron chi connectivity index (χ4n) is 2.11. The van der Waals surface area contributed by atoms with Gasteiger partial charge in [-0.15, -0.1) is 11.3 Å². The molecular weight excluding hydrogens is 282 g/mol. The normalized spacial score (nSPS) is 12.3. The second kappa shape index (κ2) is 7.43. The summed E-state index contributed by atoms with van der Waals surface area (Å²) in [5.74, 6) is 0.280. The van der Waals surface area contributed by atoms with Crippen molar-refractivity contribution in [2.45, 2.75) is 32.7 Å². The number of aromatic nitrogens is 1. The highest BCUT2D eigenvalue weighted by molar-refractivity contribution is 7.13. The van der Waals surface area contributed by atoms with Gasteiger partial charge in [0, 0.05) is 30.6 Å². The number of benzene rings is 1. The molecule has 1 heterocycles. The SMILES string of the molecule is CCCNC(C)Cc1csc(N(C)c2ccc(O)cc2)n1. The molecule has 0 saturated heterocycles. The first-order valence-electron chi connectivity index (χ1n) is 7.30. The Morgan fingerprint density at radius 1 is 1.33 bits per heavy atom. The molecule has 2 N–H and O–H groups in total. The number of hydrogen-bond acceptors (Lipinski definition) is 5. The third-order valence-electron chi connectivity index (χ3n) is 3.32. The van der Waals surface area contributed by atoms with Crippen molar-refractivity contribution in [3.05, 3.63) is 35.3 Å². The standard InChI is InChI=1S/C16H23N3OS/c1-4-9-17-12(2)10-13-11-21-16(18-13)19(3)14-5-7-15(20)8-6-14/h5-8,11-12,17,20H,4,9-10H2,1-3H3. The number of phenols is 1. The van der Waals surface area contributed by atoms with Gasteiger partial charge >= 0.3 is 0 Å². The van der Waals surface area contributed by atoms with E-state index in [1.165, 1.54) is 0 Å². The van der Waals surface area contributed by atoms with Crippen molar-refractivity contribution in [3.63, 3.8) is 0 Å². The molecule has 1 aromatic carbocycles. The van der Waals surface area contributed by atoms with Crippen LogP contribution < -0.4 is 10.2 Å². The van der Waals surface area contributed by atoms with Crippen LogP contribution >= 0.6 is 11.3 Å². The van der Waals surface area contributed by atoms with Gasteiger partial charge in [-0.1, -0.05) is 6.92 Å². The Morgan fingerprint density at radius 2 is 2.05 bits per heavy atom. The first-order chi connectivity index (χ1) is 10.1. The summed E-state index contributed by atoms with van der Waals surface area (Å²) in [5, 5.41) is 15.9. The number of thiazole rings is 1. The van der Waals surface area contributed by atoms with Crippen molar-refractivity contribution in [1.29, 1.82) is 0 Å². The Morgan fingerprint density at radius 3 is 2.71 bits per heavy atom. The number of anilines is 2. The van der Waals surface area contributed by atoms with Gasteiger partial charge in [-0.05, 0) is 44.2 Å². The summed E-state index contributed by atoms with van der Waals surface area (Å²) in [6.45, 7) is 5.41. The summed E-state index contributed by atoms with van der Waals surface area (Å²) < 4.78 is 0. The van der Waals surface area contributed by atoms with Crippen LogP contribution in [-0.4, -0.2) is 29.7 Å². The third kappa shape index (κ3) is 4.44. The first-order valence-corrected chi connectivity index (χ1v) is 8.18. The van der Waals surface area contributed by atoms with Crippen molar-refractivity contribution in [1.82, 2.24) is 10.3 Å². The molecule has 1 atom stereocenters. The van der Waals surface area contributed by atoms with Gasteiger partial charge in [0.15, 0.2) is 5.13 Å². The topological polar surface area (TPSA) is 48.4 Å². The van der Waals surface area contributed by atoms with Gasteiger partial charge in [-0.2, -0.15) is 0 Å². The smallest absolute Gasteiger partial charge is 0.189 e. The number of aromatic hydroxyl groups is 1. The van der Waals surface area contributed by atoms with Crippen molar-refractivity contribution in [2.75, 3.05) is 18.5 Å². The molecule has 2 aromatic rings. The molecule has 5 heteroatoms. The van der Waals surface area contributed by atoms with Crippen LogP contribution in [0.4, 0.5) is 10.8 Å². The Bertz CT molecular complexity index is 553. The van der Waals surface area contributed by atoms with E-state index in [4.69, 9.17) is 4.98 Å². The van der Waals surface area contributed by atoms with E-state index in [2.05, 4.69) is 24.5 Å². The number of nitrogens with zero attached hydrogens (tertiary/aromatic N) is 2. The van der Waals surface area contributed by atoms with Crippen LogP contribution in [0.2, 0.25) is 0 Å². The zero-order valence-electron chi connectivity index (χ0n) is 12.8. The summed E-state index contributed by atoms with van der Waals surface area (Å²) >= 11 is 1.65. The molecule has 0 aliphatic carbocycles. The minimum absolute atomic E-state index is 0.280. The van der Waals surface area contributed by atoms with Crippen LogP contribution in [0.3, 0.4) is 0 Å². The predicted molar refractivity (Wildman–Crippen MR) is 89.7 cm³/mol. The second-order valence-electron chi connectivity index (χ2n) is 5.26. The summed E-state index contributed by atoms with van der Waals surface area (Å²) in [7, 11) is 1.99. The molecule has 0 amide bonds. The molecule has 114 valence electrons. The monoisotopic (exact) mass is 305 g/mol. The fourth-order valence-corrected chi connectivity index (χ4v) is 2.93. The average Bonchev–Trinajstić information content (AvgIpc) is 2.93. The molecule has 1 aromatic heterocycles. The van der Waals surface area contributed by atoms with Gasteiger partial charge < -0.3 is 15.3 Å². The van der Waals surface area contributed by atoms with Crippen LogP contribution in [0.25, 0.3) is 0 Å². The molecular formula is C16H23N3OS. The third-order valence-corrected chi connectivity index (χ3v) is 4.29. The van der Waals surface area contributed by atoms with Crippen molar-refractivity contribution >= 4 is 22.2 Å². The van der Waals surface area contributed by atoms with Crippen LogP contribution in [0, 0.1) is 0 Å². The summed E-state index contributed by atoms with van der Waals surface area (Å²) in [6.07, 6.45) is 2.09. The van der Waals surface area contributed by atoms with E-state index in [9.17, 15) is 5.11 Å². The molecule has 0 radical (unpaired) electrons. The largest absolute Gasteiger partial charge is 0.508 e. The van der Waals surface area contributed by atoms with E-state index < -0.39 is 0 Å². The molecule has 4 nitrogen and oxygen atoms in total. The van der Waals surface area contributed by atoms with Crippen molar-refractivity contribution < 1.29 is 5.11 Å². The molecule has 0 spiro atoms. The van der Waals surface area contributed by atoms with Crippen LogP contribution in [0.5, 0.6) is 5.75 Å². The van der Waals surface area contributed by atoms with Crippen molar-refractivity contribution in [2.24, 2.45) is 0 Å². The molecule has 0 aliphatic heterocycles. The molecule has 1 unspecified atom stereocenters. The van der Waals surface area contributed by atoms with E-state index in [1.54, 1.807) is 23.5 Å². The van der Waals surface area contributed by atoms with Gasteiger partial charge in [0.25, 0.3) is 0 Å². The Kier molecular flexibility index (Phi) is 5.59. The van der Waals surface area contributed by atoms with E-state index in [-0.39, 0.29) is 5.75 Å². The lowest BCUT2D eigenvalue weighted by Crippen LogP contribution is -2.28. The summed E-state index contributed by atoms with van der Waals surface area (Å²) in [6, 6.07) is 7.61. The lowest BCUT2D eigenvalue weighted by atomic mass is 10.2. The maximum atomic E-state index is 9.34. The Balaban J connectivity index is 2.00. The van der Waals surface area contributed by atoms with Crippen LogP contribution in [-0.2, 0) is 6.42 Å². The minimum atomic E-state index is 0.280. The highest BCUT2D eigenvalue weighted by Gasteiger charge is 2.11. The maximum absolute atomic E-state index is 9.34. The van der Waals surface area contributed by atoms with Crippen molar-refractivity contribution in [3.8, 4) is 5.75 Å². The van der Waals surface area contributed by atoms with E-state index in [0.29, 0.717) is 6.04 Å². The number of phenolic OH excluding ortho intramolecular Hbond substituents is 1. The highest BCUT2D eigenvalue weighted by Crippen LogP contribution is 2.28. The molecule has 2 rings (SSSR count). The highest BCUT2D eigenvalue weighted by atomic mass is 32.1. The fraction of sp³-hybridized carbons (Fsp3) is 0.438. The molecule has 0 fully saturated rings. The molecule has 0 aliphatic rings. The number of hydrogen-bond donors (Lipinski definition) is 2. The summed E-state index contributed by atoms with van der Waals surface area (Å²) in [5.41, 5.74) is 2.14. The van der Waals surface area contributed by atoms with Gasteiger partial charge in [-0.3, -0.25) is 0 Å². The zero-order valence-corrected chi connectivity index (χ0v) is 13.7. The molecule has 0 saturated carbocycles. The second-order valence-corrected chi connectivity index (χ2v) is 6.09. The van der Waals surface area contributed by atoms with Gasteiger partial charge in [0.2, 0.25) is 0 Å². The molecule has 21 heavy (non-hydrogen) atoms. The maximum Gasteiger partial charge on any atom is 0.189 e. The quantitative estimate of drug-likeness (QED) is 0.821. The molecule has 0 bridgehead atoms. The van der Waals surface area contributed by atoms with Gasteiger partial charge in [0.1, 0.15) is 5.75 Å². The Labute approximate surface area is 130 Å². The predicted octanol–water partition coefficient (Wildman–Crippen LogP) is 3.55. The first kappa shape index (κ1) is 15.8. The lowest BCUT2D eigenvalue weighted by molar-refractivity contribution is 0.475. The van der Waals surface area contributed by atoms with E-state index in [0.717, 1.165) is 35.9 Å². The Hall–Kier alpha value is -1.59. The van der Waals surface area contributed by atoms with E-state index in [1.807, 2.05) is 24.1 Å². The number of rotatable bonds is 7. The van der Waals surface area contributed by atoms with E-state index >= 15 is 0 Å². The average molecular weight is 305 g/mol. The zero-order chi connectivity index (χ0) is 15.2. The summed E-state index contributed by atoms with van der Waals surface area (Å²) in [4.78, 5) is 6.74. The number of nitrogens with one attached hydrogen (secondary N) is 1.